The van der Waals surface area contributed by atoms with Crippen LogP contribution in [0.1, 0.15) is 96.8 Å². The van der Waals surface area contributed by atoms with Crippen molar-refractivity contribution in [3.05, 3.63) is 25.3 Å². The van der Waals surface area contributed by atoms with E-state index >= 15 is 0 Å². The molecule has 0 saturated carbocycles. The number of rotatable bonds is 19. The lowest BCUT2D eigenvalue weighted by molar-refractivity contribution is -0.137. The van der Waals surface area contributed by atoms with Crippen LogP contribution in [0.4, 0.5) is 0 Å². The number of carbonyl (C=O) groups is 3. The first-order chi connectivity index (χ1) is 14.5. The fourth-order valence-electron chi connectivity index (χ4n) is 2.76. The predicted octanol–water partition coefficient (Wildman–Crippen LogP) is 5.14. The maximum absolute atomic E-state index is 10.8. The van der Waals surface area contributed by atoms with Crippen molar-refractivity contribution >= 4 is 17.8 Å². The zero-order valence-electron chi connectivity index (χ0n) is 19.1. The van der Waals surface area contributed by atoms with Crippen LogP contribution in [0, 0.1) is 0 Å². The zero-order chi connectivity index (χ0) is 22.9. The van der Waals surface area contributed by atoms with E-state index in [0.717, 1.165) is 25.8 Å². The third-order valence-corrected chi connectivity index (χ3v) is 4.57. The summed E-state index contributed by atoms with van der Waals surface area (Å²) in [5.74, 6) is -1.01. The van der Waals surface area contributed by atoms with Crippen molar-refractivity contribution in [2.75, 3.05) is 13.1 Å². The normalized spacial score (nSPS) is 9.77. The number of carboxylic acids is 1. The topological polar surface area (TPSA) is 95.5 Å². The maximum atomic E-state index is 10.8. The summed E-state index contributed by atoms with van der Waals surface area (Å²) in [7, 11) is 0. The highest BCUT2D eigenvalue weighted by molar-refractivity contribution is 5.87. The van der Waals surface area contributed by atoms with E-state index in [2.05, 4.69) is 30.7 Å². The summed E-state index contributed by atoms with van der Waals surface area (Å²) in [6, 6.07) is 0. The Labute approximate surface area is 183 Å². The Kier molecular flexibility index (Phi) is 25.0. The van der Waals surface area contributed by atoms with Gasteiger partial charge in [0, 0.05) is 19.5 Å². The summed E-state index contributed by atoms with van der Waals surface area (Å²) in [6.45, 7) is 10.4. The highest BCUT2D eigenvalue weighted by Gasteiger charge is 1.97. The Bertz CT molecular complexity index is 464. The van der Waals surface area contributed by atoms with E-state index in [1.807, 2.05) is 0 Å². The van der Waals surface area contributed by atoms with E-state index in [1.165, 1.54) is 69.9 Å². The number of carbonyl (C=O) groups excluding carboxylic acids is 2. The van der Waals surface area contributed by atoms with Gasteiger partial charge < -0.3 is 15.7 Å². The summed E-state index contributed by atoms with van der Waals surface area (Å²) in [6.07, 6.45) is 18.3. The molecule has 0 aromatic rings. The van der Waals surface area contributed by atoms with Gasteiger partial charge in [-0.3, -0.25) is 14.4 Å². The Morgan fingerprint density at radius 2 is 1.03 bits per heavy atom. The van der Waals surface area contributed by atoms with Crippen LogP contribution in [0.3, 0.4) is 0 Å². The van der Waals surface area contributed by atoms with Gasteiger partial charge >= 0.3 is 5.97 Å². The van der Waals surface area contributed by atoms with Gasteiger partial charge in [0.25, 0.3) is 0 Å². The minimum atomic E-state index is -0.768. The fraction of sp³-hybridized carbons (Fsp3) is 0.708. The molecule has 0 aromatic carbocycles. The highest BCUT2D eigenvalue weighted by atomic mass is 16.4. The van der Waals surface area contributed by atoms with Gasteiger partial charge in [0.2, 0.25) is 11.8 Å². The number of aliphatic carboxylic acids is 1. The average Bonchev–Trinajstić information content (AvgIpc) is 2.74. The SMILES string of the molecule is C=CC(=O)NCCCCCC(=O)O.C=CC(=O)NCCCCCCCCCCCC. The van der Waals surface area contributed by atoms with Crippen LogP contribution in [0.25, 0.3) is 0 Å². The molecule has 0 spiro atoms. The molecular weight excluding hydrogens is 380 g/mol. The van der Waals surface area contributed by atoms with E-state index in [4.69, 9.17) is 5.11 Å². The van der Waals surface area contributed by atoms with Crippen LogP contribution in [0.15, 0.2) is 25.3 Å². The molecule has 6 nitrogen and oxygen atoms in total. The molecule has 174 valence electrons. The van der Waals surface area contributed by atoms with Crippen LogP contribution >= 0.6 is 0 Å². The molecule has 0 aliphatic rings. The van der Waals surface area contributed by atoms with E-state index in [-0.39, 0.29) is 18.2 Å². The van der Waals surface area contributed by atoms with E-state index < -0.39 is 5.97 Å². The summed E-state index contributed by atoms with van der Waals surface area (Å²) in [5.41, 5.74) is 0. The van der Waals surface area contributed by atoms with Crippen LogP contribution in [-0.2, 0) is 14.4 Å². The molecule has 0 heterocycles. The first-order valence-electron chi connectivity index (χ1n) is 11.5. The van der Waals surface area contributed by atoms with Crippen molar-refractivity contribution in [1.29, 1.82) is 0 Å². The van der Waals surface area contributed by atoms with Crippen molar-refractivity contribution in [3.8, 4) is 0 Å². The smallest absolute Gasteiger partial charge is 0.303 e. The van der Waals surface area contributed by atoms with Crippen molar-refractivity contribution in [2.24, 2.45) is 0 Å². The van der Waals surface area contributed by atoms with Gasteiger partial charge in [-0.25, -0.2) is 0 Å². The summed E-state index contributed by atoms with van der Waals surface area (Å²) in [4.78, 5) is 31.6. The second-order valence-corrected chi connectivity index (χ2v) is 7.38. The molecule has 0 atom stereocenters. The largest absolute Gasteiger partial charge is 0.481 e. The van der Waals surface area contributed by atoms with Gasteiger partial charge in [-0.1, -0.05) is 84.3 Å². The van der Waals surface area contributed by atoms with E-state index in [9.17, 15) is 14.4 Å². The van der Waals surface area contributed by atoms with Crippen molar-refractivity contribution in [2.45, 2.75) is 96.8 Å². The maximum Gasteiger partial charge on any atom is 0.303 e. The molecule has 6 heteroatoms. The molecule has 0 aliphatic carbocycles. The van der Waals surface area contributed by atoms with Gasteiger partial charge in [0.15, 0.2) is 0 Å². The molecule has 0 aromatic heterocycles. The molecule has 3 N–H and O–H groups in total. The predicted molar refractivity (Wildman–Crippen MR) is 124 cm³/mol. The Hall–Kier alpha value is -2.11. The number of hydrogen-bond acceptors (Lipinski definition) is 3. The first kappa shape index (κ1) is 30.1. The Balaban J connectivity index is 0. The minimum absolute atomic E-state index is 0.0547. The molecule has 0 radical (unpaired) electrons. The molecule has 2 amide bonds. The van der Waals surface area contributed by atoms with Crippen molar-refractivity contribution in [1.82, 2.24) is 10.6 Å². The van der Waals surface area contributed by atoms with Crippen LogP contribution in [-0.4, -0.2) is 36.0 Å². The number of nitrogens with one attached hydrogen (secondary N) is 2. The van der Waals surface area contributed by atoms with Gasteiger partial charge in [-0.15, -0.1) is 0 Å². The zero-order valence-corrected chi connectivity index (χ0v) is 19.1. The fourth-order valence-corrected chi connectivity index (χ4v) is 2.76. The molecule has 0 rings (SSSR count). The second kappa shape index (κ2) is 24.9. The highest BCUT2D eigenvalue weighted by Crippen LogP contribution is 2.10. The van der Waals surface area contributed by atoms with Gasteiger partial charge in [-0.05, 0) is 31.4 Å². The Morgan fingerprint density at radius 1 is 0.667 bits per heavy atom. The molecule has 0 fully saturated rings. The van der Waals surface area contributed by atoms with Gasteiger partial charge in [0.1, 0.15) is 0 Å². The van der Waals surface area contributed by atoms with Gasteiger partial charge in [-0.2, -0.15) is 0 Å². The number of carboxylic acid groups (broad SMARTS) is 1. The molecular formula is C24H44N2O4. The van der Waals surface area contributed by atoms with E-state index in [1.54, 1.807) is 0 Å². The standard InChI is InChI=1S/C15H29NO.C9H15NO3/c1-3-5-6-7-8-9-10-11-12-13-14-16-15(17)4-2;1-2-8(11)10-7-5-3-4-6-9(12)13/h4H,2-3,5-14H2,1H3,(H,16,17);2H,1,3-7H2,(H,10,11)(H,12,13). The van der Waals surface area contributed by atoms with Crippen LogP contribution < -0.4 is 10.6 Å². The average molecular weight is 425 g/mol. The third kappa shape index (κ3) is 28.1. The minimum Gasteiger partial charge on any atom is -0.481 e. The lowest BCUT2D eigenvalue weighted by Crippen LogP contribution is -2.21. The number of amides is 2. The lowest BCUT2D eigenvalue weighted by atomic mass is 10.1. The molecule has 0 bridgehead atoms. The van der Waals surface area contributed by atoms with Crippen LogP contribution in [0.5, 0.6) is 0 Å². The van der Waals surface area contributed by atoms with Crippen LogP contribution in [0.2, 0.25) is 0 Å². The molecule has 0 aliphatic heterocycles. The third-order valence-electron chi connectivity index (χ3n) is 4.57. The second-order valence-electron chi connectivity index (χ2n) is 7.38. The molecule has 0 unspecified atom stereocenters. The van der Waals surface area contributed by atoms with Crippen molar-refractivity contribution in [3.63, 3.8) is 0 Å². The lowest BCUT2D eigenvalue weighted by Gasteiger charge is -2.03. The van der Waals surface area contributed by atoms with E-state index in [0.29, 0.717) is 13.0 Å². The summed E-state index contributed by atoms with van der Waals surface area (Å²) < 4.78 is 0. The molecule has 30 heavy (non-hydrogen) atoms. The number of hydrogen-bond donors (Lipinski definition) is 3. The summed E-state index contributed by atoms with van der Waals surface area (Å²) in [5, 5.41) is 13.7. The van der Waals surface area contributed by atoms with Gasteiger partial charge in [0.05, 0.1) is 0 Å². The quantitative estimate of drug-likeness (QED) is 0.197. The molecule has 0 saturated heterocycles. The Morgan fingerprint density at radius 3 is 1.40 bits per heavy atom. The first-order valence-corrected chi connectivity index (χ1v) is 11.5. The van der Waals surface area contributed by atoms with Crippen molar-refractivity contribution < 1.29 is 19.5 Å². The number of unbranched alkanes of at least 4 members (excludes halogenated alkanes) is 11. The monoisotopic (exact) mass is 424 g/mol. The summed E-state index contributed by atoms with van der Waals surface area (Å²) >= 11 is 0.